The van der Waals surface area contributed by atoms with E-state index in [0.717, 1.165) is 25.7 Å². The highest BCUT2D eigenvalue weighted by Gasteiger charge is 2.07. The number of thioether (sulfide) groups is 1. The van der Waals surface area contributed by atoms with Crippen LogP contribution in [0.25, 0.3) is 10.1 Å². The van der Waals surface area contributed by atoms with Crippen LogP contribution in [0.2, 0.25) is 5.02 Å². The third-order valence-corrected chi connectivity index (χ3v) is 4.18. The number of nitrogens with two attached hydrogens (primary N) is 1. The Morgan fingerprint density at radius 3 is 2.92 bits per heavy atom. The quantitative estimate of drug-likeness (QED) is 0.594. The van der Waals surface area contributed by atoms with Crippen molar-refractivity contribution in [1.82, 2.24) is 0 Å². The van der Waals surface area contributed by atoms with Crippen LogP contribution < -0.4 is 5.73 Å². The third kappa shape index (κ3) is 1.41. The first-order valence-electron chi connectivity index (χ1n) is 3.73. The summed E-state index contributed by atoms with van der Waals surface area (Å²) in [4.78, 5) is 1.12. The Morgan fingerprint density at radius 2 is 2.23 bits per heavy atom. The first kappa shape index (κ1) is 9.19. The van der Waals surface area contributed by atoms with Crippen LogP contribution in [0.15, 0.2) is 22.4 Å². The van der Waals surface area contributed by atoms with Crippen LogP contribution in [0.4, 0.5) is 5.69 Å². The lowest BCUT2D eigenvalue weighted by molar-refractivity contribution is 1.52. The number of anilines is 1. The lowest BCUT2D eigenvalue weighted by Gasteiger charge is -2.02. The molecule has 2 rings (SSSR count). The summed E-state index contributed by atoms with van der Waals surface area (Å²) in [5.41, 5.74) is 6.82. The zero-order valence-electron chi connectivity index (χ0n) is 7.00. The number of thiophene rings is 1. The average Bonchev–Trinajstić information content (AvgIpc) is 2.50. The number of nitrogen functional groups attached to an aromatic ring is 1. The van der Waals surface area contributed by atoms with Crippen LogP contribution in [0.3, 0.4) is 0 Å². The molecule has 0 amide bonds. The number of hydrogen-bond acceptors (Lipinski definition) is 3. The lowest BCUT2D eigenvalue weighted by Crippen LogP contribution is -1.87. The summed E-state index contributed by atoms with van der Waals surface area (Å²) in [5.74, 6) is 0. The van der Waals surface area contributed by atoms with E-state index in [2.05, 4.69) is 0 Å². The Bertz CT molecular complexity index is 450. The molecule has 68 valence electrons. The van der Waals surface area contributed by atoms with Crippen molar-refractivity contribution in [2.45, 2.75) is 4.90 Å². The van der Waals surface area contributed by atoms with Crippen molar-refractivity contribution >= 4 is 50.5 Å². The fourth-order valence-corrected chi connectivity index (χ4v) is 3.08. The van der Waals surface area contributed by atoms with E-state index >= 15 is 0 Å². The molecule has 1 nitrogen and oxygen atoms in total. The molecular formula is C9H8ClNS2. The Morgan fingerprint density at radius 1 is 1.46 bits per heavy atom. The van der Waals surface area contributed by atoms with E-state index in [9.17, 15) is 0 Å². The molecule has 1 aromatic carbocycles. The van der Waals surface area contributed by atoms with E-state index in [1.807, 2.05) is 23.8 Å². The van der Waals surface area contributed by atoms with E-state index < -0.39 is 0 Å². The van der Waals surface area contributed by atoms with Crippen molar-refractivity contribution < 1.29 is 0 Å². The molecule has 2 N–H and O–H groups in total. The summed E-state index contributed by atoms with van der Waals surface area (Å²) >= 11 is 9.25. The van der Waals surface area contributed by atoms with Gasteiger partial charge in [0.2, 0.25) is 0 Å². The van der Waals surface area contributed by atoms with Gasteiger partial charge in [-0.2, -0.15) is 0 Å². The second kappa shape index (κ2) is 3.40. The Balaban J connectivity index is 2.80. The predicted molar refractivity (Wildman–Crippen MR) is 63.0 cm³/mol. The molecule has 0 aliphatic heterocycles. The lowest BCUT2D eigenvalue weighted by atomic mass is 10.2. The molecule has 13 heavy (non-hydrogen) atoms. The SMILES string of the molecule is CSc1ccc2c(Cl)csc2c1N. The molecular weight excluding hydrogens is 222 g/mol. The van der Waals surface area contributed by atoms with Crippen molar-refractivity contribution in [3.05, 3.63) is 22.5 Å². The molecule has 0 unspecified atom stereocenters. The highest BCUT2D eigenvalue weighted by molar-refractivity contribution is 7.98. The van der Waals surface area contributed by atoms with Crippen LogP contribution in [0.1, 0.15) is 0 Å². The normalized spacial score (nSPS) is 10.9. The predicted octanol–water partition coefficient (Wildman–Crippen LogP) is 3.86. The molecule has 0 saturated carbocycles. The minimum atomic E-state index is 0.791. The molecule has 0 spiro atoms. The molecule has 0 atom stereocenters. The van der Waals surface area contributed by atoms with Crippen molar-refractivity contribution in [2.24, 2.45) is 0 Å². The van der Waals surface area contributed by atoms with Crippen LogP contribution in [-0.4, -0.2) is 6.26 Å². The second-order valence-corrected chi connectivity index (χ2v) is 4.78. The van der Waals surface area contributed by atoms with Crippen molar-refractivity contribution in [1.29, 1.82) is 0 Å². The number of fused-ring (bicyclic) bond motifs is 1. The van der Waals surface area contributed by atoms with Crippen LogP contribution in [0, 0.1) is 0 Å². The standard InChI is InChI=1S/C9H8ClNS2/c1-12-7-3-2-5-6(10)4-13-9(5)8(7)11/h2-4H,11H2,1H3. The monoisotopic (exact) mass is 229 g/mol. The first-order chi connectivity index (χ1) is 6.24. The molecule has 0 aliphatic carbocycles. The Kier molecular flexibility index (Phi) is 2.41. The molecule has 4 heteroatoms. The van der Waals surface area contributed by atoms with Crippen molar-refractivity contribution in [3.8, 4) is 0 Å². The fraction of sp³-hybridized carbons (Fsp3) is 0.111. The maximum atomic E-state index is 5.99. The molecule has 1 heterocycles. The number of benzene rings is 1. The summed E-state index contributed by atoms with van der Waals surface area (Å²) < 4.78 is 1.09. The maximum Gasteiger partial charge on any atom is 0.0633 e. The van der Waals surface area contributed by atoms with E-state index in [1.54, 1.807) is 23.1 Å². The molecule has 1 aromatic heterocycles. The topological polar surface area (TPSA) is 26.0 Å². The Hall–Kier alpha value is -0.380. The number of rotatable bonds is 1. The van der Waals surface area contributed by atoms with Gasteiger partial charge in [0.05, 0.1) is 15.4 Å². The third-order valence-electron chi connectivity index (χ3n) is 1.91. The van der Waals surface area contributed by atoms with Crippen LogP contribution >= 0.6 is 34.7 Å². The smallest absolute Gasteiger partial charge is 0.0633 e. The minimum absolute atomic E-state index is 0.791. The highest BCUT2D eigenvalue weighted by Crippen LogP contribution is 2.38. The van der Waals surface area contributed by atoms with Crippen molar-refractivity contribution in [2.75, 3.05) is 12.0 Å². The largest absolute Gasteiger partial charge is 0.397 e. The molecule has 2 aromatic rings. The van der Waals surface area contributed by atoms with Crippen LogP contribution in [-0.2, 0) is 0 Å². The average molecular weight is 230 g/mol. The molecule has 0 radical (unpaired) electrons. The zero-order valence-corrected chi connectivity index (χ0v) is 9.39. The summed E-state index contributed by atoms with van der Waals surface area (Å²) in [5, 5.41) is 3.77. The summed E-state index contributed by atoms with van der Waals surface area (Å²) in [6.07, 6.45) is 2.02. The van der Waals surface area contributed by atoms with Gasteiger partial charge in [-0.1, -0.05) is 17.7 Å². The number of hydrogen-bond donors (Lipinski definition) is 1. The first-order valence-corrected chi connectivity index (χ1v) is 6.21. The molecule has 0 saturated heterocycles. The Labute approximate surface area is 89.9 Å². The van der Waals surface area contributed by atoms with Gasteiger partial charge < -0.3 is 5.73 Å². The van der Waals surface area contributed by atoms with E-state index in [0.29, 0.717) is 0 Å². The van der Waals surface area contributed by atoms with Gasteiger partial charge in [-0.15, -0.1) is 23.1 Å². The van der Waals surface area contributed by atoms with Gasteiger partial charge in [0.1, 0.15) is 0 Å². The second-order valence-electron chi connectivity index (χ2n) is 2.64. The summed E-state index contributed by atoms with van der Waals surface area (Å²) in [6, 6.07) is 4.04. The molecule has 0 bridgehead atoms. The fourth-order valence-electron chi connectivity index (χ4n) is 1.25. The summed E-state index contributed by atoms with van der Waals surface area (Å²) in [6.45, 7) is 0. The minimum Gasteiger partial charge on any atom is -0.397 e. The van der Waals surface area contributed by atoms with E-state index in [1.165, 1.54) is 0 Å². The van der Waals surface area contributed by atoms with Gasteiger partial charge in [-0.25, -0.2) is 0 Å². The maximum absolute atomic E-state index is 5.99. The van der Waals surface area contributed by atoms with Crippen LogP contribution in [0.5, 0.6) is 0 Å². The van der Waals surface area contributed by atoms with Gasteiger partial charge in [0, 0.05) is 15.7 Å². The van der Waals surface area contributed by atoms with Crippen molar-refractivity contribution in [3.63, 3.8) is 0 Å². The zero-order chi connectivity index (χ0) is 9.42. The van der Waals surface area contributed by atoms with Gasteiger partial charge >= 0.3 is 0 Å². The number of halogens is 1. The summed E-state index contributed by atoms with van der Waals surface area (Å²) in [7, 11) is 0. The van der Waals surface area contributed by atoms with Gasteiger partial charge in [-0.3, -0.25) is 0 Å². The van der Waals surface area contributed by atoms with Gasteiger partial charge in [0.25, 0.3) is 0 Å². The molecule has 0 aliphatic rings. The van der Waals surface area contributed by atoms with Gasteiger partial charge in [0.15, 0.2) is 0 Å². The van der Waals surface area contributed by atoms with E-state index in [-0.39, 0.29) is 0 Å². The van der Waals surface area contributed by atoms with Gasteiger partial charge in [-0.05, 0) is 12.3 Å². The highest BCUT2D eigenvalue weighted by atomic mass is 35.5. The van der Waals surface area contributed by atoms with E-state index in [4.69, 9.17) is 17.3 Å². The molecule has 0 fully saturated rings.